The van der Waals surface area contributed by atoms with Crippen molar-refractivity contribution in [2.45, 2.75) is 32.1 Å². The highest BCUT2D eigenvalue weighted by Crippen LogP contribution is 2.41. The van der Waals surface area contributed by atoms with Gasteiger partial charge in [-0.3, -0.25) is 4.79 Å². The lowest BCUT2D eigenvalue weighted by Gasteiger charge is -2.27. The number of phenolic OH excluding ortho intramolecular Hbond substituents is 1. The minimum atomic E-state index is -4.19. The van der Waals surface area contributed by atoms with Gasteiger partial charge in [0.1, 0.15) is 18.0 Å². The quantitative estimate of drug-likeness (QED) is 0.730. The van der Waals surface area contributed by atoms with Gasteiger partial charge < -0.3 is 10.2 Å². The Labute approximate surface area is 139 Å². The molecule has 0 bridgehead atoms. The number of aliphatic hydroxyl groups is 1. The average Bonchev–Trinajstić information content (AvgIpc) is 2.78. The van der Waals surface area contributed by atoms with E-state index in [9.17, 15) is 22.7 Å². The predicted octanol–water partition coefficient (Wildman–Crippen LogP) is 0.590. The zero-order valence-corrected chi connectivity index (χ0v) is 13.8. The molecule has 2 aliphatic rings. The number of fused-ring (bicyclic) bond motifs is 1. The fourth-order valence-electron chi connectivity index (χ4n) is 3.42. The van der Waals surface area contributed by atoms with E-state index in [0.717, 1.165) is 12.8 Å². The average molecular weight is 358 g/mol. The summed E-state index contributed by atoms with van der Waals surface area (Å²) in [6.45, 7) is -0.480. The first kappa shape index (κ1) is 17.0. The summed E-state index contributed by atoms with van der Waals surface area (Å²) in [6.07, 6.45) is 3.22. The van der Waals surface area contributed by atoms with Crippen molar-refractivity contribution in [3.8, 4) is 5.75 Å². The largest absolute Gasteiger partial charge is 0.506 e. The molecule has 7 nitrogen and oxygen atoms in total. The maximum atomic E-state index is 15.0. The number of hydrogen-bond acceptors (Lipinski definition) is 5. The summed E-state index contributed by atoms with van der Waals surface area (Å²) in [5.41, 5.74) is 0.561. The Hall–Kier alpha value is -1.87. The van der Waals surface area contributed by atoms with E-state index in [2.05, 4.69) is 0 Å². The van der Waals surface area contributed by atoms with E-state index in [1.165, 1.54) is 6.07 Å². The van der Waals surface area contributed by atoms with Crippen LogP contribution in [0.3, 0.4) is 0 Å². The first-order valence-corrected chi connectivity index (χ1v) is 9.25. The van der Waals surface area contributed by atoms with Crippen LogP contribution in [0.2, 0.25) is 0 Å². The van der Waals surface area contributed by atoms with Crippen LogP contribution in [-0.4, -0.2) is 37.7 Å². The molecule has 1 unspecified atom stereocenters. The van der Waals surface area contributed by atoms with E-state index >= 15 is 0 Å². The number of carbonyl (C=O) groups is 1. The second kappa shape index (κ2) is 6.21. The van der Waals surface area contributed by atoms with Crippen LogP contribution in [-0.2, 0) is 27.8 Å². The Morgan fingerprint density at radius 1 is 1.42 bits per heavy atom. The van der Waals surface area contributed by atoms with Gasteiger partial charge in [-0.1, -0.05) is 0 Å². The fraction of sp³-hybridized carbons (Fsp3) is 0.533. The molecule has 0 saturated carbocycles. The Morgan fingerprint density at radius 3 is 2.79 bits per heavy atom. The number of aliphatic hydroxyl groups excluding tert-OH is 1. The second-order valence-electron chi connectivity index (χ2n) is 6.21. The van der Waals surface area contributed by atoms with Crippen LogP contribution in [0.1, 0.15) is 30.4 Å². The van der Waals surface area contributed by atoms with Gasteiger partial charge in [0.05, 0.1) is 0 Å². The minimum absolute atomic E-state index is 0.0759. The molecule has 1 aliphatic carbocycles. The Kier molecular flexibility index (Phi) is 4.39. The highest BCUT2D eigenvalue weighted by molar-refractivity contribution is 7.92. The lowest BCUT2D eigenvalue weighted by atomic mass is 9.81. The number of phenols is 1. The van der Waals surface area contributed by atoms with E-state index in [4.69, 9.17) is 5.11 Å². The van der Waals surface area contributed by atoms with E-state index < -0.39 is 39.9 Å². The topological polar surface area (TPSA) is 107 Å². The number of amides is 1. The van der Waals surface area contributed by atoms with E-state index in [1.807, 2.05) is 0 Å². The number of aryl methyl sites for hydroxylation is 1. The van der Waals surface area contributed by atoms with Crippen LogP contribution >= 0.6 is 0 Å². The maximum Gasteiger partial charge on any atom is 0.326 e. The van der Waals surface area contributed by atoms with E-state index in [-0.39, 0.29) is 12.5 Å². The van der Waals surface area contributed by atoms with Gasteiger partial charge >= 0.3 is 10.2 Å². The predicted molar refractivity (Wildman–Crippen MR) is 84.3 cm³/mol. The molecule has 1 atom stereocenters. The maximum absolute atomic E-state index is 15.0. The number of nitrogens with one attached hydrogen (secondary N) is 1. The third kappa shape index (κ3) is 2.93. The van der Waals surface area contributed by atoms with Gasteiger partial charge in [0.25, 0.3) is 5.91 Å². The molecule has 3 rings (SSSR count). The number of anilines is 1. The van der Waals surface area contributed by atoms with Crippen LogP contribution in [0.25, 0.3) is 0 Å². The van der Waals surface area contributed by atoms with Crippen LogP contribution in [0.15, 0.2) is 6.07 Å². The Bertz CT molecular complexity index is 781. The van der Waals surface area contributed by atoms with Gasteiger partial charge in [0, 0.05) is 6.61 Å². The summed E-state index contributed by atoms with van der Waals surface area (Å²) in [5, 5.41) is 19.0. The van der Waals surface area contributed by atoms with E-state index in [0.29, 0.717) is 34.7 Å². The Morgan fingerprint density at radius 2 is 2.17 bits per heavy atom. The van der Waals surface area contributed by atoms with Crippen LogP contribution in [0.4, 0.5) is 10.1 Å². The molecule has 0 radical (unpaired) electrons. The molecule has 3 N–H and O–H groups in total. The third-order valence-electron chi connectivity index (χ3n) is 4.57. The van der Waals surface area contributed by atoms with Crippen molar-refractivity contribution in [3.05, 3.63) is 23.0 Å². The molecule has 1 amide bonds. The molecule has 1 aliphatic heterocycles. The highest BCUT2D eigenvalue weighted by Gasteiger charge is 2.39. The van der Waals surface area contributed by atoms with Gasteiger partial charge in [-0.05, 0) is 55.2 Å². The van der Waals surface area contributed by atoms with Crippen molar-refractivity contribution in [3.63, 3.8) is 0 Å². The number of benzene rings is 1. The van der Waals surface area contributed by atoms with Crippen LogP contribution < -0.4 is 9.03 Å². The van der Waals surface area contributed by atoms with Crippen molar-refractivity contribution in [1.82, 2.24) is 4.72 Å². The zero-order valence-electron chi connectivity index (χ0n) is 13.0. The molecule has 1 fully saturated rings. The van der Waals surface area contributed by atoms with Gasteiger partial charge in [-0.15, -0.1) is 0 Å². The SMILES string of the molecule is O=C1CN(c2c(O)cc3c(c2F)CC(CCCO)CC3)S(=O)(=O)N1. The molecular weight excluding hydrogens is 339 g/mol. The lowest BCUT2D eigenvalue weighted by Crippen LogP contribution is -2.31. The number of carbonyl (C=O) groups excluding carboxylic acids is 1. The Balaban J connectivity index is 2.00. The summed E-state index contributed by atoms with van der Waals surface area (Å²) in [6, 6.07) is 1.38. The normalized spacial score (nSPS) is 22.3. The van der Waals surface area contributed by atoms with Gasteiger partial charge in [-0.2, -0.15) is 8.42 Å². The standard InChI is InChI=1S/C15H19FN2O5S/c16-14-11-6-9(2-1-5-19)3-4-10(11)7-12(20)15(14)18-8-13(21)17-24(18,22)23/h7,9,19-20H,1-6,8H2,(H,17,21). The molecule has 132 valence electrons. The van der Waals surface area contributed by atoms with E-state index in [1.54, 1.807) is 4.72 Å². The summed E-state index contributed by atoms with van der Waals surface area (Å²) in [7, 11) is -4.19. The summed E-state index contributed by atoms with van der Waals surface area (Å²) in [4.78, 5) is 11.4. The second-order valence-corrected chi connectivity index (χ2v) is 7.80. The molecule has 0 aromatic heterocycles. The first-order chi connectivity index (χ1) is 11.3. The van der Waals surface area contributed by atoms with Crippen LogP contribution in [0.5, 0.6) is 5.75 Å². The number of rotatable bonds is 4. The molecule has 1 saturated heterocycles. The van der Waals surface area contributed by atoms with Crippen molar-refractivity contribution in [2.24, 2.45) is 5.92 Å². The van der Waals surface area contributed by atoms with Gasteiger partial charge in [0.15, 0.2) is 5.82 Å². The minimum Gasteiger partial charge on any atom is -0.506 e. The lowest BCUT2D eigenvalue weighted by molar-refractivity contribution is -0.117. The van der Waals surface area contributed by atoms with Crippen LogP contribution in [0, 0.1) is 11.7 Å². The first-order valence-electron chi connectivity index (χ1n) is 7.81. The van der Waals surface area contributed by atoms with Crippen molar-refractivity contribution >= 4 is 21.8 Å². The number of halogens is 1. The highest BCUT2D eigenvalue weighted by atomic mass is 32.2. The molecule has 1 heterocycles. The molecule has 9 heteroatoms. The third-order valence-corrected chi connectivity index (χ3v) is 5.95. The number of nitrogens with zero attached hydrogens (tertiary/aromatic N) is 1. The number of hydrogen-bond donors (Lipinski definition) is 3. The summed E-state index contributed by atoms with van der Waals surface area (Å²) < 4.78 is 41.2. The molecule has 1 aromatic rings. The molecule has 24 heavy (non-hydrogen) atoms. The summed E-state index contributed by atoms with van der Waals surface area (Å²) in [5.74, 6) is -1.85. The number of aromatic hydroxyl groups is 1. The van der Waals surface area contributed by atoms with Gasteiger partial charge in [0.2, 0.25) is 0 Å². The fourth-order valence-corrected chi connectivity index (χ4v) is 4.58. The van der Waals surface area contributed by atoms with Gasteiger partial charge in [-0.25, -0.2) is 13.4 Å². The molecule has 1 aromatic carbocycles. The monoisotopic (exact) mass is 358 g/mol. The zero-order chi connectivity index (χ0) is 17.5. The van der Waals surface area contributed by atoms with Crippen molar-refractivity contribution in [2.75, 3.05) is 17.5 Å². The smallest absolute Gasteiger partial charge is 0.326 e. The van der Waals surface area contributed by atoms with Crippen molar-refractivity contribution in [1.29, 1.82) is 0 Å². The van der Waals surface area contributed by atoms with Crippen molar-refractivity contribution < 1.29 is 27.8 Å². The summed E-state index contributed by atoms with van der Waals surface area (Å²) >= 11 is 0. The molecular formula is C15H19FN2O5S. The molecule has 0 spiro atoms.